The summed E-state index contributed by atoms with van der Waals surface area (Å²) in [5.41, 5.74) is 7.08. The second-order valence-corrected chi connectivity index (χ2v) is 33.4. The Balaban J connectivity index is 0.00000353. The summed E-state index contributed by atoms with van der Waals surface area (Å²) in [7, 11) is -2.65. The molecular formula is C78H90F2HfO4Si. The van der Waals surface area contributed by atoms with E-state index >= 15 is 8.78 Å². The van der Waals surface area contributed by atoms with Crippen molar-refractivity contribution in [3.63, 3.8) is 0 Å². The van der Waals surface area contributed by atoms with Gasteiger partial charge in [-0.2, -0.15) is 0 Å². The number of fused-ring (bicyclic) bond motifs is 4. The molecule has 0 amide bonds. The summed E-state index contributed by atoms with van der Waals surface area (Å²) in [6.07, 6.45) is 2.63. The van der Waals surface area contributed by atoms with Crippen molar-refractivity contribution in [3.05, 3.63) is 207 Å². The summed E-state index contributed by atoms with van der Waals surface area (Å²) in [4.78, 5) is 0. The van der Waals surface area contributed by atoms with Crippen LogP contribution in [0.1, 0.15) is 121 Å². The molecule has 10 aromatic rings. The molecule has 0 unspecified atom stereocenters. The van der Waals surface area contributed by atoms with Crippen molar-refractivity contribution in [2.24, 2.45) is 10.8 Å². The molecule has 0 heterocycles. The molecule has 448 valence electrons. The number of phenols is 2. The summed E-state index contributed by atoms with van der Waals surface area (Å²) < 4.78 is 43.2. The molecule has 0 saturated heterocycles. The van der Waals surface area contributed by atoms with Gasteiger partial charge in [-0.3, -0.25) is 0 Å². The van der Waals surface area contributed by atoms with Crippen LogP contribution < -0.4 is 0 Å². The van der Waals surface area contributed by atoms with Gasteiger partial charge in [0.1, 0.15) is 23.1 Å². The minimum Gasteiger partial charge on any atom is -0.585 e. The van der Waals surface area contributed by atoms with Crippen LogP contribution >= 0.6 is 0 Å². The average molecular weight is 1340 g/mol. The topological polar surface area (TPSA) is 66.1 Å². The van der Waals surface area contributed by atoms with Crippen LogP contribution in [0.15, 0.2) is 170 Å². The van der Waals surface area contributed by atoms with Crippen molar-refractivity contribution in [2.45, 2.75) is 132 Å². The Kier molecular flexibility index (Phi) is 19.9. The molecule has 10 rings (SSSR count). The second-order valence-electron chi connectivity index (χ2n) is 28.0. The third kappa shape index (κ3) is 13.4. The fraction of sp³-hybridized carbons (Fsp3) is 0.308. The third-order valence-corrected chi connectivity index (χ3v) is 23.8. The van der Waals surface area contributed by atoms with Gasteiger partial charge in [0.15, 0.2) is 12.5 Å². The maximum absolute atomic E-state index is 16.1. The van der Waals surface area contributed by atoms with E-state index in [0.717, 1.165) is 78.2 Å². The zero-order valence-electron chi connectivity index (χ0n) is 53.7. The van der Waals surface area contributed by atoms with E-state index in [1.165, 1.54) is 24.3 Å². The monoisotopic (exact) mass is 1340 g/mol. The van der Waals surface area contributed by atoms with Gasteiger partial charge in [0, 0.05) is 71.4 Å². The molecule has 0 aliphatic carbocycles. The Labute approximate surface area is 531 Å². The Bertz CT molecular complexity index is 3720. The molecule has 0 aliphatic heterocycles. The maximum atomic E-state index is 16.1. The second kappa shape index (κ2) is 25.6. The number of hydrogen-bond donors (Lipinski definition) is 2. The first-order valence-corrected chi connectivity index (χ1v) is 32.2. The van der Waals surface area contributed by atoms with Crippen LogP contribution in [0.3, 0.4) is 0 Å². The molecule has 0 spiro atoms. The Morgan fingerprint density at radius 2 is 0.686 bits per heavy atom. The average Bonchev–Trinajstić information content (AvgIpc) is 0.814. The van der Waals surface area contributed by atoms with Crippen LogP contribution in [-0.4, -0.2) is 40.2 Å². The molecule has 86 heavy (non-hydrogen) atoms. The summed E-state index contributed by atoms with van der Waals surface area (Å²) in [5.74, 6) is 0.492. The largest absolute Gasteiger partial charge is 0.585 e. The predicted molar refractivity (Wildman–Crippen MR) is 364 cm³/mol. The van der Waals surface area contributed by atoms with E-state index in [1.54, 1.807) is 12.1 Å². The Morgan fingerprint density at radius 1 is 0.395 bits per heavy atom. The number of aromatic hydroxyl groups is 4. The van der Waals surface area contributed by atoms with Crippen molar-refractivity contribution in [2.75, 3.05) is 12.5 Å². The molecule has 0 aliphatic rings. The van der Waals surface area contributed by atoms with Gasteiger partial charge in [-0.25, -0.2) is 8.78 Å². The van der Waals surface area contributed by atoms with Crippen molar-refractivity contribution >= 4 is 51.2 Å². The van der Waals surface area contributed by atoms with E-state index in [2.05, 4.69) is 182 Å². The van der Waals surface area contributed by atoms with E-state index in [1.807, 2.05) is 48.5 Å². The SMILES string of the molecule is CC(C)[Si](C[OH+]c1ccc(F)cc1-c1cc(C(C)(C)CC(C)(C)C)cc(-c2c3ccccc3cc3ccccc23)c1O)(C[OH+]c1ccc(F)cc1-c1cc(C(C)(C)CC(C)(C)C)cc(-c2c3ccccc3cc3ccccc23)c1O)C(C)C.[CH3-].[CH3-].[Hf]. The molecule has 0 fully saturated rings. The molecule has 8 heteroatoms. The van der Waals surface area contributed by atoms with Crippen LogP contribution in [0.25, 0.3) is 87.6 Å². The van der Waals surface area contributed by atoms with Crippen LogP contribution in [-0.2, 0) is 36.7 Å². The van der Waals surface area contributed by atoms with Crippen LogP contribution in [0.5, 0.6) is 23.0 Å². The Morgan fingerprint density at radius 3 is 0.977 bits per heavy atom. The first-order chi connectivity index (χ1) is 39.1. The number of phenolic OH excluding ortho intramolecular Hbond substituents is 2. The van der Waals surface area contributed by atoms with Gasteiger partial charge in [-0.05, 0) is 160 Å². The zero-order valence-corrected chi connectivity index (χ0v) is 58.3. The molecule has 0 bridgehead atoms. The van der Waals surface area contributed by atoms with Crippen LogP contribution in [0.4, 0.5) is 8.78 Å². The summed E-state index contributed by atoms with van der Waals surface area (Å²) >= 11 is 0. The number of ether oxygens (including phenoxy) is 2. The molecule has 0 atom stereocenters. The predicted octanol–water partition coefficient (Wildman–Crippen LogP) is 22.5. The minimum atomic E-state index is -2.65. The first-order valence-electron chi connectivity index (χ1n) is 29.7. The van der Waals surface area contributed by atoms with E-state index in [0.29, 0.717) is 57.3 Å². The van der Waals surface area contributed by atoms with Gasteiger partial charge in [0.2, 0.25) is 0 Å². The van der Waals surface area contributed by atoms with Crippen LogP contribution in [0, 0.1) is 37.3 Å². The van der Waals surface area contributed by atoms with Crippen molar-refractivity contribution in [1.82, 2.24) is 0 Å². The van der Waals surface area contributed by atoms with Gasteiger partial charge in [-0.1, -0.05) is 194 Å². The number of hydrogen-bond acceptors (Lipinski definition) is 2. The molecule has 0 radical (unpaired) electrons. The molecule has 4 N–H and O–H groups in total. The minimum absolute atomic E-state index is 0. The summed E-state index contributed by atoms with van der Waals surface area (Å²) in [6.45, 7) is 31.6. The number of rotatable bonds is 16. The van der Waals surface area contributed by atoms with E-state index in [9.17, 15) is 10.2 Å². The third-order valence-electron chi connectivity index (χ3n) is 17.7. The fourth-order valence-electron chi connectivity index (χ4n) is 13.9. The number of halogens is 2. The normalized spacial score (nSPS) is 12.4. The van der Waals surface area contributed by atoms with Gasteiger partial charge < -0.3 is 34.5 Å². The van der Waals surface area contributed by atoms with Gasteiger partial charge >= 0.3 is 0 Å². The molecule has 10 aromatic carbocycles. The fourth-order valence-corrected chi connectivity index (χ4v) is 17.8. The summed E-state index contributed by atoms with van der Waals surface area (Å²) in [6, 6.07) is 55.6. The maximum Gasteiger partial charge on any atom is 0.267 e. The van der Waals surface area contributed by atoms with Crippen LogP contribution in [0.2, 0.25) is 11.1 Å². The van der Waals surface area contributed by atoms with Crippen molar-refractivity contribution < 1.29 is 54.3 Å². The smallest absolute Gasteiger partial charge is 0.267 e. The molecular weight excluding hydrogens is 1250 g/mol. The quantitative estimate of drug-likeness (QED) is 0.0438. The van der Waals surface area contributed by atoms with E-state index in [-0.39, 0.29) is 84.9 Å². The zero-order chi connectivity index (χ0) is 59.6. The van der Waals surface area contributed by atoms with Crippen molar-refractivity contribution in [1.29, 1.82) is 0 Å². The van der Waals surface area contributed by atoms with Gasteiger partial charge in [-0.15, -0.1) is 0 Å². The van der Waals surface area contributed by atoms with E-state index < -0.39 is 19.7 Å². The van der Waals surface area contributed by atoms with E-state index in [4.69, 9.17) is 9.47 Å². The first kappa shape index (κ1) is 66.9. The summed E-state index contributed by atoms with van der Waals surface area (Å²) in [5, 5.41) is 34.3. The Hall–Kier alpha value is -6.61. The molecule has 0 aromatic heterocycles. The number of aliphatic hydroxyl groups is 2. The van der Waals surface area contributed by atoms with Gasteiger partial charge in [0.05, 0.1) is 11.1 Å². The van der Waals surface area contributed by atoms with Crippen molar-refractivity contribution in [3.8, 4) is 67.5 Å². The number of benzene rings is 10. The molecule has 4 nitrogen and oxygen atoms in total. The van der Waals surface area contributed by atoms with Gasteiger partial charge in [0.25, 0.3) is 19.6 Å². The standard InChI is InChI=1S/C76H82F2O4Si.2CH3.Hf/c1-47(2)83(48(3)4,45-81-67-33-31-55(77)41-61(67)63-37-53(75(11,12)43-73(5,6)7)39-65(71(63)79)69-57-27-19-15-23-49(57)35-50-24-16-20-28-58(50)69)46-82-68-34-32-56(78)42-62(68)64-38-54(76(13,14)44-74(8,9)10)40-66(72(64)80)70-59-29-21-17-25-51(59)36-52-26-18-22-30-60(52)70;;;/h15-42,47-48,79-80H,43-46H2,1-14H3;2*1H3;/q;2*-1;/p+2. The molecule has 0 saturated carbocycles.